The van der Waals surface area contributed by atoms with E-state index in [1.807, 2.05) is 45.9 Å². The Balaban J connectivity index is 3.30. The molecule has 0 saturated carbocycles. The highest BCUT2D eigenvalue weighted by Crippen LogP contribution is 2.27. The van der Waals surface area contributed by atoms with Crippen LogP contribution in [-0.2, 0) is 14.3 Å². The molecule has 1 aromatic carbocycles. The number of carbonyl (C=O) groups excluding carboxylic acids is 3. The number of unbranched alkanes of at least 4 members (excludes halogenated alkanes) is 5. The van der Waals surface area contributed by atoms with Crippen LogP contribution in [0.2, 0.25) is 0 Å². The topological polar surface area (TPSA) is 87.7 Å². The summed E-state index contributed by atoms with van der Waals surface area (Å²) in [6.45, 7) is 17.4. The van der Waals surface area contributed by atoms with E-state index in [4.69, 9.17) is 4.74 Å². The highest BCUT2D eigenvalue weighted by atomic mass is 16.6. The Labute approximate surface area is 218 Å². The Hall–Kier alpha value is -2.57. The quantitative estimate of drug-likeness (QED) is 0.325. The zero-order valence-electron chi connectivity index (χ0n) is 24.0. The summed E-state index contributed by atoms with van der Waals surface area (Å²) in [4.78, 5) is 41.3. The molecule has 0 saturated heterocycles. The monoisotopic (exact) mass is 503 g/mol. The molecule has 7 nitrogen and oxygen atoms in total. The number of amides is 3. The predicted molar refractivity (Wildman–Crippen MR) is 146 cm³/mol. The molecular weight excluding hydrogens is 454 g/mol. The fourth-order valence-electron chi connectivity index (χ4n) is 4.17. The Morgan fingerprint density at radius 1 is 0.944 bits per heavy atom. The van der Waals surface area contributed by atoms with E-state index in [9.17, 15) is 14.4 Å². The lowest BCUT2D eigenvalue weighted by molar-refractivity contribution is -0.142. The fourth-order valence-corrected chi connectivity index (χ4v) is 4.17. The van der Waals surface area contributed by atoms with Crippen LogP contribution in [0.5, 0.6) is 0 Å². The third-order valence-corrected chi connectivity index (χ3v) is 5.85. The van der Waals surface area contributed by atoms with E-state index in [1.165, 1.54) is 12.8 Å². The Bertz CT molecular complexity index is 861. The number of alkyl carbamates (subject to hydrolysis) is 1. The molecule has 1 aromatic rings. The van der Waals surface area contributed by atoms with E-state index in [1.54, 1.807) is 32.6 Å². The van der Waals surface area contributed by atoms with Crippen molar-refractivity contribution in [3.8, 4) is 0 Å². The van der Waals surface area contributed by atoms with Gasteiger partial charge in [-0.25, -0.2) is 4.79 Å². The zero-order chi connectivity index (χ0) is 27.5. The number of ether oxygens (including phenoxy) is 1. The van der Waals surface area contributed by atoms with Crippen LogP contribution in [0.1, 0.15) is 110 Å². The van der Waals surface area contributed by atoms with Crippen molar-refractivity contribution < 1.29 is 19.1 Å². The molecule has 0 aliphatic heterocycles. The van der Waals surface area contributed by atoms with Gasteiger partial charge in [0.15, 0.2) is 0 Å². The molecule has 3 amide bonds. The Kier molecular flexibility index (Phi) is 13.0. The minimum absolute atomic E-state index is 0.0749. The molecule has 2 atom stereocenters. The summed E-state index contributed by atoms with van der Waals surface area (Å²) < 4.78 is 5.35. The number of benzene rings is 1. The summed E-state index contributed by atoms with van der Waals surface area (Å²) >= 11 is 0. The number of hydrogen-bond acceptors (Lipinski definition) is 4. The number of aryl methyl sites for hydroxylation is 2. The van der Waals surface area contributed by atoms with Crippen LogP contribution in [0, 0.1) is 13.8 Å². The fraction of sp³-hybridized carbons (Fsp3) is 0.690. The smallest absolute Gasteiger partial charge is 0.408 e. The molecule has 0 aromatic heterocycles. The van der Waals surface area contributed by atoms with Crippen LogP contribution < -0.4 is 10.6 Å². The molecule has 2 unspecified atom stereocenters. The van der Waals surface area contributed by atoms with Gasteiger partial charge in [-0.2, -0.15) is 0 Å². The van der Waals surface area contributed by atoms with Crippen molar-refractivity contribution in [3.05, 3.63) is 34.9 Å². The van der Waals surface area contributed by atoms with Crippen molar-refractivity contribution in [2.24, 2.45) is 0 Å². The lowest BCUT2D eigenvalue weighted by Crippen LogP contribution is -2.52. The first-order valence-corrected chi connectivity index (χ1v) is 13.4. The minimum Gasteiger partial charge on any atom is -0.444 e. The maximum atomic E-state index is 13.8. The minimum atomic E-state index is -0.847. The summed E-state index contributed by atoms with van der Waals surface area (Å²) in [5.41, 5.74) is 2.16. The first-order valence-electron chi connectivity index (χ1n) is 13.4. The van der Waals surface area contributed by atoms with E-state index in [-0.39, 0.29) is 17.9 Å². The van der Waals surface area contributed by atoms with Crippen molar-refractivity contribution >= 4 is 17.9 Å². The molecule has 0 fully saturated rings. The number of hydrogen-bond donors (Lipinski definition) is 2. The molecule has 0 heterocycles. The van der Waals surface area contributed by atoms with Crippen LogP contribution >= 0.6 is 0 Å². The summed E-state index contributed by atoms with van der Waals surface area (Å²) in [6, 6.07) is 4.21. The summed E-state index contributed by atoms with van der Waals surface area (Å²) in [7, 11) is 0. The van der Waals surface area contributed by atoms with E-state index >= 15 is 0 Å². The van der Waals surface area contributed by atoms with Gasteiger partial charge in [-0.1, -0.05) is 62.8 Å². The van der Waals surface area contributed by atoms with E-state index in [2.05, 4.69) is 17.6 Å². The second-order valence-electron chi connectivity index (χ2n) is 11.1. The van der Waals surface area contributed by atoms with Gasteiger partial charge >= 0.3 is 6.09 Å². The van der Waals surface area contributed by atoms with Gasteiger partial charge in [-0.15, -0.1) is 0 Å². The van der Waals surface area contributed by atoms with Gasteiger partial charge in [0.25, 0.3) is 0 Å². The Morgan fingerprint density at radius 3 is 2.11 bits per heavy atom. The second-order valence-corrected chi connectivity index (χ2v) is 11.1. The average molecular weight is 504 g/mol. The summed E-state index contributed by atoms with van der Waals surface area (Å²) in [5.74, 6) is -0.529. The largest absolute Gasteiger partial charge is 0.444 e. The number of carbonyl (C=O) groups is 3. The second kappa shape index (κ2) is 14.9. The molecule has 0 radical (unpaired) electrons. The van der Waals surface area contributed by atoms with Crippen molar-refractivity contribution in [2.45, 2.75) is 125 Å². The molecular formula is C29H49N3O4. The van der Waals surface area contributed by atoms with Crippen molar-refractivity contribution in [1.82, 2.24) is 15.5 Å². The van der Waals surface area contributed by atoms with Crippen molar-refractivity contribution in [3.63, 3.8) is 0 Å². The predicted octanol–water partition coefficient (Wildman–Crippen LogP) is 5.97. The number of nitrogens with zero attached hydrogens (tertiary/aromatic N) is 1. The molecule has 36 heavy (non-hydrogen) atoms. The molecule has 0 aliphatic rings. The van der Waals surface area contributed by atoms with Crippen LogP contribution in [0.15, 0.2) is 18.2 Å². The van der Waals surface area contributed by atoms with Gasteiger partial charge in [0.05, 0.1) is 0 Å². The van der Waals surface area contributed by atoms with Crippen LogP contribution in [0.25, 0.3) is 0 Å². The Morgan fingerprint density at radius 2 is 1.56 bits per heavy atom. The lowest BCUT2D eigenvalue weighted by Gasteiger charge is -2.35. The number of nitrogens with one attached hydrogen (secondary N) is 2. The van der Waals surface area contributed by atoms with Gasteiger partial charge < -0.3 is 20.3 Å². The first kappa shape index (κ1) is 31.5. The zero-order valence-corrected chi connectivity index (χ0v) is 24.0. The molecule has 0 bridgehead atoms. The third-order valence-electron chi connectivity index (χ3n) is 5.85. The molecule has 7 heteroatoms. The maximum absolute atomic E-state index is 13.8. The molecule has 204 valence electrons. The standard InChI is InChI=1S/C29H49N3O4/c1-10-11-12-13-14-15-18-32(27(34)23(6)31-28(35)36-29(7,8)9)25(26(33)30-20(2)3)24-17-16-21(4)19-22(24)5/h16-17,19-20,23,25H,10-15,18H2,1-9H3,(H,30,33)(H,31,35). The van der Waals surface area contributed by atoms with Gasteiger partial charge in [0, 0.05) is 12.6 Å². The highest BCUT2D eigenvalue weighted by molar-refractivity contribution is 5.92. The van der Waals surface area contributed by atoms with Crippen molar-refractivity contribution in [2.75, 3.05) is 6.54 Å². The van der Waals surface area contributed by atoms with Gasteiger partial charge in [0.2, 0.25) is 11.8 Å². The van der Waals surface area contributed by atoms with E-state index < -0.39 is 23.8 Å². The molecule has 1 rings (SSSR count). The van der Waals surface area contributed by atoms with Crippen molar-refractivity contribution in [1.29, 1.82) is 0 Å². The SMILES string of the molecule is CCCCCCCCN(C(=O)C(C)NC(=O)OC(C)(C)C)C(C(=O)NC(C)C)c1ccc(C)cc1C. The summed E-state index contributed by atoms with van der Waals surface area (Å²) in [5, 5.41) is 5.66. The maximum Gasteiger partial charge on any atom is 0.408 e. The first-order chi connectivity index (χ1) is 16.8. The van der Waals surface area contributed by atoms with Crippen LogP contribution in [0.4, 0.5) is 4.79 Å². The molecule has 0 aliphatic carbocycles. The highest BCUT2D eigenvalue weighted by Gasteiger charge is 2.35. The van der Waals surface area contributed by atoms with Crippen LogP contribution in [0.3, 0.4) is 0 Å². The lowest BCUT2D eigenvalue weighted by atomic mass is 9.96. The van der Waals surface area contributed by atoms with Crippen LogP contribution in [-0.4, -0.2) is 47.0 Å². The average Bonchev–Trinajstić information content (AvgIpc) is 2.73. The van der Waals surface area contributed by atoms with Gasteiger partial charge in [0.1, 0.15) is 17.7 Å². The number of rotatable bonds is 13. The third kappa shape index (κ3) is 11.0. The summed E-state index contributed by atoms with van der Waals surface area (Å²) in [6.07, 6.45) is 5.72. The van der Waals surface area contributed by atoms with E-state index in [0.717, 1.165) is 42.4 Å². The van der Waals surface area contributed by atoms with Gasteiger partial charge in [-0.05, 0) is 72.9 Å². The molecule has 0 spiro atoms. The normalized spacial score (nSPS) is 13.2. The van der Waals surface area contributed by atoms with Gasteiger partial charge in [-0.3, -0.25) is 9.59 Å². The van der Waals surface area contributed by atoms with E-state index in [0.29, 0.717) is 6.54 Å². The molecule has 2 N–H and O–H groups in total.